The van der Waals surface area contributed by atoms with Gasteiger partial charge in [-0.15, -0.1) is 0 Å². The summed E-state index contributed by atoms with van der Waals surface area (Å²) in [4.78, 5) is 0. The van der Waals surface area contributed by atoms with Gasteiger partial charge in [-0.05, 0) is 25.0 Å². The van der Waals surface area contributed by atoms with Crippen molar-refractivity contribution in [3.63, 3.8) is 0 Å². The minimum Gasteiger partial charge on any atom is -0.392 e. The Bertz CT molecular complexity index is 615. The van der Waals surface area contributed by atoms with E-state index in [2.05, 4.69) is 0 Å². The second kappa shape index (κ2) is 5.58. The quantitative estimate of drug-likeness (QED) is 0.927. The van der Waals surface area contributed by atoms with E-state index in [0.29, 0.717) is 0 Å². The zero-order chi connectivity index (χ0) is 15.8. The predicted molar refractivity (Wildman–Crippen MR) is 71.0 cm³/mol. The fourth-order valence-electron chi connectivity index (χ4n) is 2.59. The van der Waals surface area contributed by atoms with Crippen molar-refractivity contribution in [1.29, 1.82) is 0 Å². The maximum atomic E-state index is 13.1. The molecular formula is C13H16F3NO3S. The maximum absolute atomic E-state index is 13.1. The van der Waals surface area contributed by atoms with Crippen molar-refractivity contribution >= 4 is 10.0 Å². The van der Waals surface area contributed by atoms with Gasteiger partial charge in [0.15, 0.2) is 0 Å². The van der Waals surface area contributed by atoms with Gasteiger partial charge >= 0.3 is 6.18 Å². The molecule has 0 bridgehead atoms. The lowest BCUT2D eigenvalue weighted by atomic mass is 9.98. The summed E-state index contributed by atoms with van der Waals surface area (Å²) in [7, 11) is -3.68. The van der Waals surface area contributed by atoms with Crippen LogP contribution in [0.25, 0.3) is 0 Å². The number of aliphatic hydroxyl groups excluding tert-OH is 1. The predicted octanol–water partition coefficient (Wildman–Crippen LogP) is 2.16. The normalized spacial score (nSPS) is 24.4. The van der Waals surface area contributed by atoms with Crippen LogP contribution in [0.5, 0.6) is 0 Å². The Balaban J connectivity index is 2.50. The molecule has 21 heavy (non-hydrogen) atoms. The molecule has 1 aromatic rings. The highest BCUT2D eigenvalue weighted by atomic mass is 32.2. The van der Waals surface area contributed by atoms with Crippen LogP contribution in [0.1, 0.15) is 30.5 Å². The van der Waals surface area contributed by atoms with Crippen molar-refractivity contribution < 1.29 is 26.7 Å². The molecule has 0 amide bonds. The first kappa shape index (κ1) is 16.3. The molecule has 8 heteroatoms. The Morgan fingerprint density at radius 2 is 1.95 bits per heavy atom. The second-order valence-corrected chi connectivity index (χ2v) is 7.17. The topological polar surface area (TPSA) is 57.6 Å². The van der Waals surface area contributed by atoms with E-state index in [1.54, 1.807) is 0 Å². The lowest BCUT2D eigenvalue weighted by Gasteiger charge is -2.25. The first-order valence-electron chi connectivity index (χ1n) is 6.50. The number of rotatable bonds is 3. The molecule has 1 N–H and O–H groups in total. The molecule has 0 spiro atoms. The van der Waals surface area contributed by atoms with Crippen LogP contribution in [0.15, 0.2) is 24.3 Å². The van der Waals surface area contributed by atoms with E-state index in [4.69, 9.17) is 0 Å². The van der Waals surface area contributed by atoms with E-state index in [1.807, 2.05) is 0 Å². The third kappa shape index (κ3) is 3.22. The number of benzene rings is 1. The number of sulfonamides is 1. The largest absolute Gasteiger partial charge is 0.416 e. The monoisotopic (exact) mass is 323 g/mol. The summed E-state index contributed by atoms with van der Waals surface area (Å²) < 4.78 is 64.2. The van der Waals surface area contributed by atoms with Crippen molar-refractivity contribution in [3.05, 3.63) is 35.4 Å². The van der Waals surface area contributed by atoms with E-state index in [1.165, 1.54) is 25.1 Å². The summed E-state index contributed by atoms with van der Waals surface area (Å²) in [6, 6.07) is 3.91. The summed E-state index contributed by atoms with van der Waals surface area (Å²) in [5.41, 5.74) is -0.973. The molecule has 0 aromatic heterocycles. The molecule has 1 saturated heterocycles. The molecule has 0 aliphatic carbocycles. The molecule has 1 fully saturated rings. The molecule has 1 aromatic carbocycles. The average molecular weight is 323 g/mol. The zero-order valence-electron chi connectivity index (χ0n) is 11.3. The van der Waals surface area contributed by atoms with E-state index in [9.17, 15) is 26.7 Å². The van der Waals surface area contributed by atoms with Gasteiger partial charge in [-0.1, -0.05) is 18.2 Å². The van der Waals surface area contributed by atoms with Crippen molar-refractivity contribution in [3.8, 4) is 0 Å². The number of hydrogen-bond acceptors (Lipinski definition) is 3. The summed E-state index contributed by atoms with van der Waals surface area (Å²) in [5, 5.41) is 9.70. The molecule has 2 atom stereocenters. The van der Waals surface area contributed by atoms with Crippen LogP contribution in [0.3, 0.4) is 0 Å². The number of β-amino-alcohol motifs (C(OH)–C–C–N with tert-alkyl or cyclic N) is 1. The minimum absolute atomic E-state index is 0.0354. The van der Waals surface area contributed by atoms with Gasteiger partial charge in [0.25, 0.3) is 0 Å². The molecular weight excluding hydrogens is 307 g/mol. The molecule has 0 unspecified atom stereocenters. The number of aliphatic hydroxyl groups is 1. The fourth-order valence-corrected chi connectivity index (χ4v) is 3.90. The zero-order valence-corrected chi connectivity index (χ0v) is 12.2. The summed E-state index contributed by atoms with van der Waals surface area (Å²) in [6.45, 7) is 1.25. The van der Waals surface area contributed by atoms with Gasteiger partial charge in [-0.2, -0.15) is 17.5 Å². The smallest absolute Gasteiger partial charge is 0.392 e. The number of halogens is 3. The summed E-state index contributed by atoms with van der Waals surface area (Å²) in [5.74, 6) is -0.218. The van der Waals surface area contributed by atoms with Gasteiger partial charge in [0.2, 0.25) is 10.0 Å². The van der Waals surface area contributed by atoms with Crippen LogP contribution in [0.4, 0.5) is 13.2 Å². The Labute approximate surface area is 121 Å². The van der Waals surface area contributed by atoms with Gasteiger partial charge in [-0.25, -0.2) is 8.42 Å². The molecule has 1 aliphatic heterocycles. The average Bonchev–Trinajstić information content (AvgIpc) is 2.80. The number of nitrogens with zero attached hydrogens (tertiary/aromatic N) is 1. The Kier molecular flexibility index (Phi) is 4.32. The third-order valence-corrected chi connectivity index (χ3v) is 5.43. The summed E-state index contributed by atoms with van der Waals surface area (Å²) >= 11 is 0. The van der Waals surface area contributed by atoms with Crippen LogP contribution in [0.2, 0.25) is 0 Å². The van der Waals surface area contributed by atoms with Crippen LogP contribution in [0, 0.1) is 0 Å². The van der Waals surface area contributed by atoms with Crippen LogP contribution in [-0.2, 0) is 16.2 Å². The molecule has 0 saturated carbocycles. The molecule has 118 valence electrons. The second-order valence-electron chi connectivity index (χ2n) is 4.96. The van der Waals surface area contributed by atoms with Gasteiger partial charge in [0, 0.05) is 6.54 Å². The highest BCUT2D eigenvalue weighted by Crippen LogP contribution is 2.41. The van der Waals surface area contributed by atoms with E-state index in [0.717, 1.165) is 10.4 Å². The van der Waals surface area contributed by atoms with Crippen molar-refractivity contribution in [2.45, 2.75) is 31.7 Å². The van der Waals surface area contributed by atoms with Gasteiger partial charge in [0.05, 0.1) is 23.5 Å². The first-order chi connectivity index (χ1) is 9.66. The van der Waals surface area contributed by atoms with E-state index >= 15 is 0 Å². The van der Waals surface area contributed by atoms with Crippen LogP contribution < -0.4 is 0 Å². The molecule has 2 rings (SSSR count). The molecule has 0 radical (unpaired) electrons. The van der Waals surface area contributed by atoms with Gasteiger partial charge in [0.1, 0.15) is 0 Å². The van der Waals surface area contributed by atoms with Crippen LogP contribution in [-0.4, -0.2) is 36.2 Å². The lowest BCUT2D eigenvalue weighted by Crippen LogP contribution is -2.33. The standard InChI is InChI=1S/C13H16F3NO3S/c1-2-21(19,20)17-8-9(18)7-12(17)10-5-3-4-6-11(10)13(14,15)16/h3-6,9,12,18H,2,7-8H2,1H3/t9-,12+/m1/s1. The fraction of sp³-hybridized carbons (Fsp3) is 0.538. The number of alkyl halides is 3. The highest BCUT2D eigenvalue weighted by molar-refractivity contribution is 7.89. The van der Waals surface area contributed by atoms with Gasteiger partial charge in [-0.3, -0.25) is 0 Å². The highest BCUT2D eigenvalue weighted by Gasteiger charge is 2.43. The third-order valence-electron chi connectivity index (χ3n) is 3.58. The molecule has 1 aliphatic rings. The lowest BCUT2D eigenvalue weighted by molar-refractivity contribution is -0.138. The SMILES string of the molecule is CCS(=O)(=O)N1C[C@H](O)C[C@H]1c1ccccc1C(F)(F)F. The molecule has 4 nitrogen and oxygen atoms in total. The maximum Gasteiger partial charge on any atom is 0.416 e. The summed E-state index contributed by atoms with van der Waals surface area (Å²) in [6.07, 6.45) is -5.56. The van der Waals surface area contributed by atoms with Crippen molar-refractivity contribution in [1.82, 2.24) is 4.31 Å². The Hall–Kier alpha value is -1.12. The molecule has 1 heterocycles. The first-order valence-corrected chi connectivity index (χ1v) is 8.11. The van der Waals surface area contributed by atoms with Crippen molar-refractivity contribution in [2.24, 2.45) is 0 Å². The van der Waals surface area contributed by atoms with Crippen LogP contribution >= 0.6 is 0 Å². The Morgan fingerprint density at radius 3 is 2.52 bits per heavy atom. The van der Waals surface area contributed by atoms with Gasteiger partial charge < -0.3 is 5.11 Å². The van der Waals surface area contributed by atoms with E-state index < -0.39 is 33.9 Å². The Morgan fingerprint density at radius 1 is 1.33 bits per heavy atom. The minimum atomic E-state index is -4.56. The van der Waals surface area contributed by atoms with E-state index in [-0.39, 0.29) is 24.3 Å². The number of hydrogen-bond donors (Lipinski definition) is 1. The van der Waals surface area contributed by atoms with Crippen molar-refractivity contribution in [2.75, 3.05) is 12.3 Å².